The van der Waals surface area contributed by atoms with Crippen molar-refractivity contribution in [3.05, 3.63) is 256 Å². The summed E-state index contributed by atoms with van der Waals surface area (Å²) in [5.74, 6) is 7.87. The number of pyridine rings is 1. The molecule has 0 spiro atoms. The Morgan fingerprint density at radius 3 is 2.03 bits per heavy atom. The first-order valence-electron chi connectivity index (χ1n) is 42.2. The van der Waals surface area contributed by atoms with Crippen LogP contribution in [0, 0.1) is 0 Å². The summed E-state index contributed by atoms with van der Waals surface area (Å²) in [7, 11) is 8.95. The predicted octanol–water partition coefficient (Wildman–Crippen LogP) is 18.9. The highest BCUT2D eigenvalue weighted by Gasteiger charge is 2.36. The highest BCUT2D eigenvalue weighted by atomic mass is 32.2. The van der Waals surface area contributed by atoms with Gasteiger partial charge in [0.1, 0.15) is 87.9 Å². The lowest BCUT2D eigenvalue weighted by molar-refractivity contribution is -0.144. The van der Waals surface area contributed by atoms with E-state index in [-0.39, 0.29) is 23.4 Å². The molecule has 2 fully saturated rings. The van der Waals surface area contributed by atoms with E-state index in [0.717, 1.165) is 181 Å². The number of likely N-dealkylation sites (N-methyl/N-ethyl adjacent to an activating group) is 1. The molecule has 14 heterocycles. The van der Waals surface area contributed by atoms with Crippen LogP contribution in [0.3, 0.4) is 0 Å². The molecule has 4 aliphatic rings. The largest absolute Gasteiger partial charge is 0.497 e. The molecule has 5 aromatic carbocycles. The van der Waals surface area contributed by atoms with Crippen LogP contribution in [0.1, 0.15) is 101 Å². The average molecular weight is 1810 g/mol. The van der Waals surface area contributed by atoms with Gasteiger partial charge < -0.3 is 60.5 Å². The van der Waals surface area contributed by atoms with E-state index in [0.29, 0.717) is 31.3 Å². The van der Waals surface area contributed by atoms with Crippen LogP contribution in [-0.4, -0.2) is 171 Å². The van der Waals surface area contributed by atoms with Crippen LogP contribution in [0.15, 0.2) is 211 Å². The standard InChI is InChI=1S/C20H21F3N4O.C18H20N4OS.C15H17N5O.C14H11N3O2S.C13H14N4S.C13H17N3S/c1-27(2)17(13-7-6-8-14(11-13)28-3)12-24-18-15-9-4-5-10-16(15)25-19(26-18)20(21,22)23;1-2-4-15(12-22-6-8-23-9-7-22)14(3-1)11-19-18-17-16(5-10-24-17)20-13-21-18;1-20-15-13(9-19-20)14(17-10-18-15)16-8-7-11-3-5-12(21-2)6-4-11;1-2-11-12(19-8-18-11)5-9(1)6-15-14-13-10(3-4-20-13)16-7-17-14;1-9(11-4-2-3-6-14-11)17-12-10-5-7-18-13(10)16-8-15-12;1-2-10-7-11-12(14-8-15-13(11)17-10)16-9-5-3-4-6-9/h4-11,17H,12H2,1-3H3,(H,24,25,26);1-5,10,13H,6-9,11-12H2,(H,19,20,21);3-6,9-10H,7-8H2,1-2H3,(H,16,17,18);1-5,7H,6,8H2,(H,15,16,17);2-4,6,8-9H,5,7H2,1H3,(H,15,16,17);7-9H,2-6H2,1H3,(H,14,15,16). The molecule has 2 atom stereocenters. The second-order valence-corrected chi connectivity index (χ2v) is 34.5. The number of benzene rings is 5. The number of morpholine rings is 1. The van der Waals surface area contributed by atoms with Crippen molar-refractivity contribution in [2.45, 2.75) is 108 Å². The second-order valence-electron chi connectivity index (χ2n) is 30.4. The number of aromatic nitrogens is 15. The van der Waals surface area contributed by atoms with Crippen molar-refractivity contribution in [2.75, 3.05) is 112 Å². The quantitative estimate of drug-likeness (QED) is 0.0290. The molecule has 1 saturated carbocycles. The lowest BCUT2D eigenvalue weighted by Gasteiger charge is -2.27. The van der Waals surface area contributed by atoms with Crippen molar-refractivity contribution in [1.29, 1.82) is 0 Å². The molecule has 0 amide bonds. The molecule has 1 saturated heterocycles. The number of anilines is 6. The highest BCUT2D eigenvalue weighted by molar-refractivity contribution is 7.99. The molecule has 662 valence electrons. The summed E-state index contributed by atoms with van der Waals surface area (Å²) in [4.78, 5) is 61.8. The molecule has 3 aliphatic heterocycles. The van der Waals surface area contributed by atoms with Crippen LogP contribution in [0.2, 0.25) is 0 Å². The van der Waals surface area contributed by atoms with Gasteiger partial charge >= 0.3 is 6.18 Å². The summed E-state index contributed by atoms with van der Waals surface area (Å²) >= 11 is 6.89. The molecule has 0 radical (unpaired) electrons. The minimum Gasteiger partial charge on any atom is -0.497 e. The number of fused-ring (bicyclic) bond motifs is 7. The molecule has 28 nitrogen and oxygen atoms in total. The van der Waals surface area contributed by atoms with Crippen molar-refractivity contribution in [1.82, 2.24) is 84.4 Å². The van der Waals surface area contributed by atoms with Crippen LogP contribution in [0.5, 0.6) is 23.0 Å². The Morgan fingerprint density at radius 1 is 0.602 bits per heavy atom. The lowest BCUT2D eigenvalue weighted by atomic mass is 10.1. The highest BCUT2D eigenvalue weighted by Crippen LogP contribution is 2.38. The Morgan fingerprint density at radius 2 is 1.29 bits per heavy atom. The summed E-state index contributed by atoms with van der Waals surface area (Å²) < 4.78 is 70.1. The van der Waals surface area contributed by atoms with Crippen molar-refractivity contribution in [2.24, 2.45) is 7.05 Å². The average Bonchev–Trinajstić information content (AvgIpc) is 1.20. The van der Waals surface area contributed by atoms with E-state index in [1.54, 1.807) is 127 Å². The van der Waals surface area contributed by atoms with E-state index in [1.807, 2.05) is 123 Å². The molecular formula is C93H100F3N23O5S4. The predicted molar refractivity (Wildman–Crippen MR) is 504 cm³/mol. The van der Waals surface area contributed by atoms with Gasteiger partial charge in [-0.25, -0.2) is 59.8 Å². The Kier molecular flexibility index (Phi) is 31.1. The number of nitrogens with one attached hydrogen (secondary N) is 6. The van der Waals surface area contributed by atoms with Crippen molar-refractivity contribution in [3.63, 3.8) is 0 Å². The van der Waals surface area contributed by atoms with Crippen LogP contribution < -0.4 is 50.8 Å². The topological polar surface area (TPSA) is 310 Å². The van der Waals surface area contributed by atoms with E-state index >= 15 is 0 Å². The van der Waals surface area contributed by atoms with Crippen molar-refractivity contribution in [3.8, 4) is 23.0 Å². The second kappa shape index (κ2) is 44.2. The number of para-hydroxylation sites is 1. The number of thiophene rings is 3. The monoisotopic (exact) mass is 1800 g/mol. The molecule has 20 rings (SSSR count). The number of rotatable bonds is 25. The summed E-state index contributed by atoms with van der Waals surface area (Å²) in [6, 6.07) is 49.7. The van der Waals surface area contributed by atoms with Crippen molar-refractivity contribution >= 4 is 133 Å². The molecule has 0 bridgehead atoms. The van der Waals surface area contributed by atoms with Gasteiger partial charge in [0.05, 0.1) is 88.1 Å². The lowest BCUT2D eigenvalue weighted by Crippen LogP contribution is -2.35. The van der Waals surface area contributed by atoms with E-state index in [9.17, 15) is 13.2 Å². The minimum absolute atomic E-state index is 0.0989. The first-order valence-corrected chi connectivity index (χ1v) is 45.8. The third-order valence-electron chi connectivity index (χ3n) is 21.7. The van der Waals surface area contributed by atoms with Crippen LogP contribution in [0.25, 0.3) is 52.6 Å². The van der Waals surface area contributed by atoms with Gasteiger partial charge in [-0.05, 0) is 171 Å². The number of halogens is 3. The minimum atomic E-state index is -4.62. The van der Waals surface area contributed by atoms with Gasteiger partial charge in [-0.3, -0.25) is 14.6 Å². The fourth-order valence-electron chi connectivity index (χ4n) is 14.8. The van der Waals surface area contributed by atoms with E-state index < -0.39 is 12.0 Å². The number of hydrogen-bond donors (Lipinski definition) is 6. The Bertz CT molecular complexity index is 6280. The van der Waals surface area contributed by atoms with Crippen LogP contribution >= 0.6 is 45.8 Å². The van der Waals surface area contributed by atoms with Gasteiger partial charge in [0.2, 0.25) is 12.6 Å². The number of methoxy groups -OCH3 is 2. The van der Waals surface area contributed by atoms with Gasteiger partial charge in [-0.1, -0.05) is 92.6 Å². The van der Waals surface area contributed by atoms with E-state index in [2.05, 4.69) is 168 Å². The Hall–Kier alpha value is -12.6. The van der Waals surface area contributed by atoms with Crippen molar-refractivity contribution < 1.29 is 36.9 Å². The number of thioether (sulfide) groups is 1. The first kappa shape index (κ1) is 90.2. The fourth-order valence-corrected chi connectivity index (χ4v) is 18.4. The van der Waals surface area contributed by atoms with Gasteiger partial charge in [0.15, 0.2) is 17.1 Å². The molecule has 2 unspecified atom stereocenters. The van der Waals surface area contributed by atoms with Crippen LogP contribution in [0.4, 0.5) is 48.1 Å². The maximum absolute atomic E-state index is 13.2. The molecule has 128 heavy (non-hydrogen) atoms. The normalized spacial score (nSPS) is 13.9. The number of ether oxygens (including phenoxy) is 5. The summed E-state index contributed by atoms with van der Waals surface area (Å²) in [5.41, 5.74) is 11.3. The maximum Gasteiger partial charge on any atom is 0.451 e. The zero-order chi connectivity index (χ0) is 88.6. The maximum atomic E-state index is 13.2. The molecule has 1 aliphatic carbocycles. The fraction of sp³-hybridized carbons (Fsp3) is 0.312. The van der Waals surface area contributed by atoms with Gasteiger partial charge in [-0.2, -0.15) is 18.3 Å². The van der Waals surface area contributed by atoms with E-state index in [1.165, 1.54) is 58.2 Å². The van der Waals surface area contributed by atoms with Gasteiger partial charge in [-0.15, -0.1) is 45.8 Å². The molecule has 16 aromatic rings. The van der Waals surface area contributed by atoms with E-state index in [4.69, 9.17) is 23.7 Å². The third kappa shape index (κ3) is 23.8. The summed E-state index contributed by atoms with van der Waals surface area (Å²) in [5, 5.41) is 32.3. The summed E-state index contributed by atoms with van der Waals surface area (Å²) in [6.45, 7) is 11.8. The molecular weight excluding hydrogens is 1700 g/mol. The summed E-state index contributed by atoms with van der Waals surface area (Å²) in [6.07, 6.45) is 15.3. The van der Waals surface area contributed by atoms with Gasteiger partial charge in [0, 0.05) is 86.7 Å². The SMILES string of the molecule is CC(Nc1ncnc2c1CCS2)c1ccccn1.CCc1cc2c(NC3CCCC3)ncnc2s1.COc1ccc(CCNc2ncnc3c2cnn3C)cc1.COc1cccc(C(CNc2nc(C(F)(F)F)nc3ccccc23)N(C)C)c1.c1ccc(CN2CCOCC2)c(CNc2ncnc3ccsc23)c1.c1nc(NCc2ccc3c(c2)OCO3)c2sccc2n1. The molecule has 35 heteroatoms. The first-order chi connectivity index (χ1) is 62.6. The number of nitrogens with zero attached hydrogens (tertiary/aromatic N) is 17. The molecule has 6 N–H and O–H groups in total. The molecule has 11 aromatic heterocycles. The zero-order valence-electron chi connectivity index (χ0n) is 72.0. The number of hydrogen-bond acceptors (Lipinski definition) is 31. The Labute approximate surface area is 755 Å². The van der Waals surface area contributed by atoms with Gasteiger partial charge in [0.25, 0.3) is 0 Å². The number of aryl methyl sites for hydroxylation is 2. The zero-order valence-corrected chi connectivity index (χ0v) is 75.3. The third-order valence-corrected chi connectivity index (χ3v) is 25.7. The smallest absolute Gasteiger partial charge is 0.451 e. The van der Waals surface area contributed by atoms with Crippen LogP contribution in [-0.2, 0) is 56.9 Å². The Balaban J connectivity index is 0.000000119. The number of alkyl halides is 3.